The highest BCUT2D eigenvalue weighted by atomic mass is 16.2. The van der Waals surface area contributed by atoms with Gasteiger partial charge in [-0.2, -0.15) is 0 Å². The van der Waals surface area contributed by atoms with Crippen molar-refractivity contribution < 1.29 is 4.79 Å². The highest BCUT2D eigenvalue weighted by molar-refractivity contribution is 5.76. The summed E-state index contributed by atoms with van der Waals surface area (Å²) in [5, 5.41) is 3.51. The lowest BCUT2D eigenvalue weighted by Gasteiger charge is -2.39. The molecule has 3 fully saturated rings. The molecule has 2 saturated heterocycles. The standard InChI is InChI=1S/C19H34N2O/c1-14-8-15(11-19(2,3)10-14)9-18(22)21-6-4-16-12-20-13-17(16)5-7-21/h14-17,20H,4-13H2,1-3H3/t14?,15?,16-,17+. The molecule has 1 N–H and O–H groups in total. The Hall–Kier alpha value is -0.570. The first-order valence-electron chi connectivity index (χ1n) is 9.41. The molecule has 2 unspecified atom stereocenters. The number of amides is 1. The summed E-state index contributed by atoms with van der Waals surface area (Å²) in [7, 11) is 0. The van der Waals surface area contributed by atoms with Gasteiger partial charge in [-0.3, -0.25) is 4.79 Å². The molecule has 1 amide bonds. The van der Waals surface area contributed by atoms with E-state index in [0.29, 0.717) is 17.2 Å². The van der Waals surface area contributed by atoms with Crippen LogP contribution in [-0.4, -0.2) is 37.0 Å². The largest absolute Gasteiger partial charge is 0.343 e. The summed E-state index contributed by atoms with van der Waals surface area (Å²) >= 11 is 0. The van der Waals surface area contributed by atoms with Crippen molar-refractivity contribution in [3.05, 3.63) is 0 Å². The fourth-order valence-electron chi connectivity index (χ4n) is 5.54. The third kappa shape index (κ3) is 3.84. The lowest BCUT2D eigenvalue weighted by molar-refractivity contribution is -0.132. The molecule has 22 heavy (non-hydrogen) atoms. The van der Waals surface area contributed by atoms with E-state index in [4.69, 9.17) is 0 Å². The molecule has 0 radical (unpaired) electrons. The average molecular weight is 306 g/mol. The molecule has 1 aliphatic carbocycles. The van der Waals surface area contributed by atoms with Gasteiger partial charge in [-0.05, 0) is 74.3 Å². The number of carbonyl (C=O) groups is 1. The van der Waals surface area contributed by atoms with Crippen molar-refractivity contribution in [2.24, 2.45) is 29.1 Å². The van der Waals surface area contributed by atoms with Crippen LogP contribution in [0.15, 0.2) is 0 Å². The smallest absolute Gasteiger partial charge is 0.222 e. The first-order chi connectivity index (χ1) is 10.4. The number of carbonyl (C=O) groups excluding carboxylic acids is 1. The van der Waals surface area contributed by atoms with E-state index in [1.807, 2.05) is 0 Å². The van der Waals surface area contributed by atoms with Crippen molar-refractivity contribution in [3.8, 4) is 0 Å². The molecular weight excluding hydrogens is 272 g/mol. The molecule has 0 aromatic rings. The minimum atomic E-state index is 0.421. The van der Waals surface area contributed by atoms with Gasteiger partial charge in [0.25, 0.3) is 0 Å². The van der Waals surface area contributed by atoms with Crippen LogP contribution in [0.2, 0.25) is 0 Å². The van der Waals surface area contributed by atoms with Crippen LogP contribution in [0.4, 0.5) is 0 Å². The van der Waals surface area contributed by atoms with E-state index in [2.05, 4.69) is 31.0 Å². The predicted octanol–water partition coefficient (Wildman–Crippen LogP) is 3.30. The van der Waals surface area contributed by atoms with E-state index in [1.165, 1.54) is 45.2 Å². The molecule has 4 atom stereocenters. The normalized spacial score (nSPS) is 38.4. The van der Waals surface area contributed by atoms with Crippen LogP contribution < -0.4 is 5.32 Å². The maximum absolute atomic E-state index is 12.8. The second kappa shape index (κ2) is 6.51. The van der Waals surface area contributed by atoms with Crippen molar-refractivity contribution in [1.82, 2.24) is 10.2 Å². The zero-order valence-electron chi connectivity index (χ0n) is 14.7. The lowest BCUT2D eigenvalue weighted by atomic mass is 9.67. The molecule has 1 saturated carbocycles. The van der Waals surface area contributed by atoms with Gasteiger partial charge < -0.3 is 10.2 Å². The summed E-state index contributed by atoms with van der Waals surface area (Å²) in [5.41, 5.74) is 0.421. The number of likely N-dealkylation sites (tertiary alicyclic amines) is 1. The van der Waals surface area contributed by atoms with Crippen LogP contribution in [0, 0.1) is 29.1 Å². The third-order valence-electron chi connectivity index (χ3n) is 6.31. The van der Waals surface area contributed by atoms with Crippen LogP contribution in [0.3, 0.4) is 0 Å². The minimum Gasteiger partial charge on any atom is -0.343 e. The Morgan fingerprint density at radius 1 is 1.14 bits per heavy atom. The Morgan fingerprint density at radius 2 is 1.77 bits per heavy atom. The summed E-state index contributed by atoms with van der Waals surface area (Å²) in [6.07, 6.45) is 7.00. The fraction of sp³-hybridized carbons (Fsp3) is 0.947. The van der Waals surface area contributed by atoms with E-state index in [0.717, 1.165) is 37.3 Å². The SMILES string of the molecule is CC1CC(CC(=O)N2CC[C@@H]3CNC[C@@H]3CC2)CC(C)(C)C1. The van der Waals surface area contributed by atoms with E-state index in [1.54, 1.807) is 0 Å². The minimum absolute atomic E-state index is 0.421. The van der Waals surface area contributed by atoms with E-state index >= 15 is 0 Å². The van der Waals surface area contributed by atoms with Gasteiger partial charge in [0.2, 0.25) is 5.91 Å². The second-order valence-corrected chi connectivity index (χ2v) is 9.12. The molecule has 3 rings (SSSR count). The summed E-state index contributed by atoms with van der Waals surface area (Å²) < 4.78 is 0. The zero-order chi connectivity index (χ0) is 15.7. The van der Waals surface area contributed by atoms with Crippen molar-refractivity contribution >= 4 is 5.91 Å². The molecule has 2 heterocycles. The van der Waals surface area contributed by atoms with Crippen molar-refractivity contribution in [3.63, 3.8) is 0 Å². The van der Waals surface area contributed by atoms with Crippen LogP contribution in [0.5, 0.6) is 0 Å². The lowest BCUT2D eigenvalue weighted by Crippen LogP contribution is -2.36. The van der Waals surface area contributed by atoms with Crippen molar-refractivity contribution in [2.75, 3.05) is 26.2 Å². The van der Waals surface area contributed by atoms with Gasteiger partial charge >= 0.3 is 0 Å². The number of rotatable bonds is 2. The van der Waals surface area contributed by atoms with Gasteiger partial charge in [0, 0.05) is 19.5 Å². The van der Waals surface area contributed by atoms with E-state index in [-0.39, 0.29) is 0 Å². The summed E-state index contributed by atoms with van der Waals surface area (Å²) in [5.74, 6) is 3.44. The second-order valence-electron chi connectivity index (χ2n) is 9.12. The number of fused-ring (bicyclic) bond motifs is 1. The van der Waals surface area contributed by atoms with Gasteiger partial charge in [-0.1, -0.05) is 20.8 Å². The number of nitrogens with one attached hydrogen (secondary N) is 1. The third-order valence-corrected chi connectivity index (χ3v) is 6.31. The Kier molecular flexibility index (Phi) is 4.82. The number of hydrogen-bond acceptors (Lipinski definition) is 2. The highest BCUT2D eigenvalue weighted by Crippen LogP contribution is 2.43. The summed E-state index contributed by atoms with van der Waals surface area (Å²) in [6.45, 7) is 11.4. The molecule has 0 aromatic carbocycles. The number of hydrogen-bond donors (Lipinski definition) is 1. The maximum Gasteiger partial charge on any atom is 0.222 e. The van der Waals surface area contributed by atoms with Crippen LogP contribution in [0.1, 0.15) is 59.3 Å². The van der Waals surface area contributed by atoms with Crippen molar-refractivity contribution in [2.45, 2.75) is 59.3 Å². The maximum atomic E-state index is 12.8. The molecule has 2 aliphatic heterocycles. The Labute approximate surface area is 136 Å². The van der Waals surface area contributed by atoms with Gasteiger partial charge in [0.05, 0.1) is 0 Å². The molecular formula is C19H34N2O. The van der Waals surface area contributed by atoms with E-state index in [9.17, 15) is 4.79 Å². The first kappa shape index (κ1) is 16.3. The zero-order valence-corrected chi connectivity index (χ0v) is 14.7. The Balaban J connectivity index is 1.53. The molecule has 3 aliphatic rings. The van der Waals surface area contributed by atoms with Crippen LogP contribution in [0.25, 0.3) is 0 Å². The molecule has 3 nitrogen and oxygen atoms in total. The van der Waals surface area contributed by atoms with Gasteiger partial charge in [-0.25, -0.2) is 0 Å². The van der Waals surface area contributed by atoms with Crippen molar-refractivity contribution in [1.29, 1.82) is 0 Å². The van der Waals surface area contributed by atoms with Gasteiger partial charge in [0.1, 0.15) is 0 Å². The highest BCUT2D eigenvalue weighted by Gasteiger charge is 2.35. The van der Waals surface area contributed by atoms with Crippen LogP contribution >= 0.6 is 0 Å². The van der Waals surface area contributed by atoms with Crippen LogP contribution in [-0.2, 0) is 4.79 Å². The topological polar surface area (TPSA) is 32.3 Å². The van der Waals surface area contributed by atoms with Gasteiger partial charge in [0.15, 0.2) is 0 Å². The Morgan fingerprint density at radius 3 is 2.36 bits per heavy atom. The molecule has 0 bridgehead atoms. The Bertz CT molecular complexity index is 392. The molecule has 0 spiro atoms. The van der Waals surface area contributed by atoms with Gasteiger partial charge in [-0.15, -0.1) is 0 Å². The molecule has 126 valence electrons. The number of nitrogens with zero attached hydrogens (tertiary/aromatic N) is 1. The molecule has 0 aromatic heterocycles. The predicted molar refractivity (Wildman–Crippen MR) is 90.6 cm³/mol. The monoisotopic (exact) mass is 306 g/mol. The summed E-state index contributed by atoms with van der Waals surface area (Å²) in [4.78, 5) is 15.0. The summed E-state index contributed by atoms with van der Waals surface area (Å²) in [6, 6.07) is 0. The first-order valence-corrected chi connectivity index (χ1v) is 9.41. The fourth-order valence-corrected chi connectivity index (χ4v) is 5.54. The quantitative estimate of drug-likeness (QED) is 0.849. The molecule has 3 heteroatoms. The average Bonchev–Trinajstić information content (AvgIpc) is 2.75. The van der Waals surface area contributed by atoms with E-state index < -0.39 is 0 Å².